The second-order valence-corrected chi connectivity index (χ2v) is 9.58. The third kappa shape index (κ3) is 4.71. The van der Waals surface area contributed by atoms with Crippen LogP contribution < -0.4 is 11.1 Å². The van der Waals surface area contributed by atoms with E-state index in [1.807, 2.05) is 6.92 Å². The molecule has 2 aromatic rings. The summed E-state index contributed by atoms with van der Waals surface area (Å²) >= 11 is 0. The molecule has 1 saturated heterocycles. The van der Waals surface area contributed by atoms with Gasteiger partial charge >= 0.3 is 0 Å². The van der Waals surface area contributed by atoms with Crippen molar-refractivity contribution < 1.29 is 18.0 Å². The molecule has 3 rings (SSSR count). The van der Waals surface area contributed by atoms with Crippen LogP contribution in [-0.2, 0) is 21.2 Å². The molecular weight excluding hydrogens is 402 g/mol. The molecule has 160 valence electrons. The summed E-state index contributed by atoms with van der Waals surface area (Å²) in [5, 5.41) is 2.78. The summed E-state index contributed by atoms with van der Waals surface area (Å²) in [5.74, 6) is -0.940. The van der Waals surface area contributed by atoms with E-state index < -0.39 is 21.8 Å². The largest absolute Gasteiger partial charge is 0.369 e. The van der Waals surface area contributed by atoms with Gasteiger partial charge in [-0.25, -0.2) is 8.42 Å². The van der Waals surface area contributed by atoms with Crippen LogP contribution in [0, 0.1) is 6.92 Å². The first-order chi connectivity index (χ1) is 14.2. The zero-order chi connectivity index (χ0) is 21.9. The zero-order valence-electron chi connectivity index (χ0n) is 17.2. The number of nitrogens with zero attached hydrogens (tertiary/aromatic N) is 1. The van der Waals surface area contributed by atoms with Crippen LogP contribution in [0.5, 0.6) is 0 Å². The monoisotopic (exact) mass is 429 g/mol. The standard InChI is InChI=1S/C22H27N3O4S/c1-15-10-11-18(30(28,29)25-12-6-5-7-16(25)2)14-19(15)22(27)24-20-9-4-3-8-17(20)13-21(23)26/h3-4,8-11,14,16H,5-7,12-13H2,1-2H3,(H2,23,26)(H,24,27). The molecule has 2 amide bonds. The fourth-order valence-electron chi connectivity index (χ4n) is 3.74. The van der Waals surface area contributed by atoms with Gasteiger partial charge in [0, 0.05) is 23.8 Å². The smallest absolute Gasteiger partial charge is 0.255 e. The van der Waals surface area contributed by atoms with Gasteiger partial charge in [0.1, 0.15) is 0 Å². The number of hydrogen-bond acceptors (Lipinski definition) is 4. The maximum Gasteiger partial charge on any atom is 0.255 e. The first-order valence-electron chi connectivity index (χ1n) is 10.00. The molecule has 1 heterocycles. The van der Waals surface area contributed by atoms with E-state index in [-0.39, 0.29) is 22.9 Å². The average molecular weight is 430 g/mol. The number of aryl methyl sites for hydroxylation is 1. The minimum absolute atomic E-state index is 0.00327. The van der Waals surface area contributed by atoms with Gasteiger partial charge in [-0.1, -0.05) is 30.7 Å². The molecule has 1 fully saturated rings. The Labute approximate surface area is 177 Å². The Balaban J connectivity index is 1.91. The third-order valence-corrected chi connectivity index (χ3v) is 7.44. The summed E-state index contributed by atoms with van der Waals surface area (Å²) in [6.45, 7) is 4.15. The molecule has 3 N–H and O–H groups in total. The molecule has 0 spiro atoms. The summed E-state index contributed by atoms with van der Waals surface area (Å²) in [7, 11) is -3.69. The number of anilines is 1. The maximum atomic E-state index is 13.2. The lowest BCUT2D eigenvalue weighted by molar-refractivity contribution is -0.117. The quantitative estimate of drug-likeness (QED) is 0.736. The van der Waals surface area contributed by atoms with Gasteiger partial charge in [0.05, 0.1) is 11.3 Å². The van der Waals surface area contributed by atoms with Crippen LogP contribution in [0.2, 0.25) is 0 Å². The SMILES string of the molecule is Cc1ccc(S(=O)(=O)N2CCCCC2C)cc1C(=O)Nc1ccccc1CC(N)=O. The highest BCUT2D eigenvalue weighted by Gasteiger charge is 2.31. The van der Waals surface area contributed by atoms with Crippen LogP contribution in [0.4, 0.5) is 5.69 Å². The highest BCUT2D eigenvalue weighted by molar-refractivity contribution is 7.89. The van der Waals surface area contributed by atoms with Gasteiger partial charge in [-0.05, 0) is 56.0 Å². The number of amides is 2. The fourth-order valence-corrected chi connectivity index (χ4v) is 5.47. The van der Waals surface area contributed by atoms with Crippen LogP contribution in [0.15, 0.2) is 47.4 Å². The van der Waals surface area contributed by atoms with Gasteiger partial charge in [-0.2, -0.15) is 4.31 Å². The summed E-state index contributed by atoms with van der Waals surface area (Å²) in [4.78, 5) is 24.4. The number of piperidine rings is 1. The van der Waals surface area contributed by atoms with Crippen molar-refractivity contribution in [3.63, 3.8) is 0 Å². The molecular formula is C22H27N3O4S. The van der Waals surface area contributed by atoms with Crippen molar-refractivity contribution in [3.05, 3.63) is 59.2 Å². The number of carbonyl (C=O) groups is 2. The molecule has 1 unspecified atom stereocenters. The number of nitrogens with one attached hydrogen (secondary N) is 1. The van der Waals surface area contributed by atoms with E-state index in [9.17, 15) is 18.0 Å². The molecule has 1 atom stereocenters. The zero-order valence-corrected chi connectivity index (χ0v) is 18.0. The van der Waals surface area contributed by atoms with E-state index in [0.29, 0.717) is 23.4 Å². The molecule has 0 saturated carbocycles. The second kappa shape index (κ2) is 8.97. The van der Waals surface area contributed by atoms with Crippen molar-refractivity contribution in [1.29, 1.82) is 0 Å². The first-order valence-corrected chi connectivity index (χ1v) is 11.4. The Morgan fingerprint density at radius 3 is 2.60 bits per heavy atom. The van der Waals surface area contributed by atoms with E-state index in [2.05, 4.69) is 5.32 Å². The number of para-hydroxylation sites is 1. The Hall–Kier alpha value is -2.71. The Bertz CT molecular complexity index is 1070. The van der Waals surface area contributed by atoms with E-state index >= 15 is 0 Å². The molecule has 1 aliphatic heterocycles. The van der Waals surface area contributed by atoms with Crippen molar-refractivity contribution in [1.82, 2.24) is 4.31 Å². The highest BCUT2D eigenvalue weighted by Crippen LogP contribution is 2.27. The second-order valence-electron chi connectivity index (χ2n) is 7.69. The van der Waals surface area contributed by atoms with Crippen molar-refractivity contribution in [2.24, 2.45) is 5.73 Å². The summed E-state index contributed by atoms with van der Waals surface area (Å²) in [6, 6.07) is 11.4. The Morgan fingerprint density at radius 2 is 1.90 bits per heavy atom. The average Bonchev–Trinajstić information content (AvgIpc) is 2.69. The topological polar surface area (TPSA) is 110 Å². The predicted octanol–water partition coefficient (Wildman–Crippen LogP) is 2.84. The number of nitrogens with two attached hydrogens (primary N) is 1. The maximum absolute atomic E-state index is 13.2. The van der Waals surface area contributed by atoms with Crippen molar-refractivity contribution in [2.75, 3.05) is 11.9 Å². The minimum atomic E-state index is -3.69. The van der Waals surface area contributed by atoms with Gasteiger partial charge in [0.2, 0.25) is 15.9 Å². The molecule has 2 aromatic carbocycles. The number of sulfonamides is 1. The van der Waals surface area contributed by atoms with E-state index in [1.165, 1.54) is 10.4 Å². The number of benzene rings is 2. The molecule has 0 radical (unpaired) electrons. The molecule has 1 aliphatic rings. The normalized spacial score (nSPS) is 17.5. The van der Waals surface area contributed by atoms with Crippen LogP contribution in [0.3, 0.4) is 0 Å². The number of rotatable bonds is 6. The predicted molar refractivity (Wildman–Crippen MR) is 116 cm³/mol. The molecule has 8 heteroatoms. The first kappa shape index (κ1) is 22.0. The van der Waals surface area contributed by atoms with Gasteiger partial charge in [0.25, 0.3) is 5.91 Å². The lowest BCUT2D eigenvalue weighted by Gasteiger charge is -2.32. The lowest BCUT2D eigenvalue weighted by Crippen LogP contribution is -2.42. The van der Waals surface area contributed by atoms with Crippen LogP contribution in [0.25, 0.3) is 0 Å². The Kier molecular flexibility index (Phi) is 6.58. The molecule has 0 bridgehead atoms. The van der Waals surface area contributed by atoms with Crippen molar-refractivity contribution >= 4 is 27.5 Å². The van der Waals surface area contributed by atoms with Gasteiger partial charge in [-0.15, -0.1) is 0 Å². The minimum Gasteiger partial charge on any atom is -0.369 e. The fraction of sp³-hybridized carbons (Fsp3) is 0.364. The molecule has 7 nitrogen and oxygen atoms in total. The molecule has 0 aliphatic carbocycles. The van der Waals surface area contributed by atoms with Crippen LogP contribution >= 0.6 is 0 Å². The number of primary amides is 1. The lowest BCUT2D eigenvalue weighted by atomic mass is 10.1. The van der Waals surface area contributed by atoms with Crippen LogP contribution in [-0.4, -0.2) is 37.1 Å². The van der Waals surface area contributed by atoms with Gasteiger partial charge < -0.3 is 11.1 Å². The number of carbonyl (C=O) groups excluding carboxylic acids is 2. The summed E-state index contributed by atoms with van der Waals surface area (Å²) in [5.41, 5.74) is 7.29. The van der Waals surface area contributed by atoms with Gasteiger partial charge in [-0.3, -0.25) is 9.59 Å². The van der Waals surface area contributed by atoms with E-state index in [4.69, 9.17) is 5.73 Å². The molecule has 0 aromatic heterocycles. The third-order valence-electron chi connectivity index (χ3n) is 5.43. The van der Waals surface area contributed by atoms with Crippen LogP contribution in [0.1, 0.15) is 47.7 Å². The van der Waals surface area contributed by atoms with E-state index in [0.717, 1.165) is 19.3 Å². The Morgan fingerprint density at radius 1 is 1.17 bits per heavy atom. The highest BCUT2D eigenvalue weighted by atomic mass is 32.2. The van der Waals surface area contributed by atoms with E-state index in [1.54, 1.807) is 43.3 Å². The van der Waals surface area contributed by atoms with Crippen molar-refractivity contribution in [3.8, 4) is 0 Å². The molecule has 30 heavy (non-hydrogen) atoms. The number of hydrogen-bond donors (Lipinski definition) is 2. The van der Waals surface area contributed by atoms with Gasteiger partial charge in [0.15, 0.2) is 0 Å². The summed E-state index contributed by atoms with van der Waals surface area (Å²) < 4.78 is 27.8. The van der Waals surface area contributed by atoms with Crippen molar-refractivity contribution in [2.45, 2.75) is 50.5 Å². The summed E-state index contributed by atoms with van der Waals surface area (Å²) in [6.07, 6.45) is 2.67.